The SMILES string of the molecule is CCOC(=O)c1c(NC(=O)C2CCNCC2)sc(C)c1CC. The van der Waals surface area contributed by atoms with Crippen molar-refractivity contribution in [3.05, 3.63) is 16.0 Å². The zero-order valence-corrected chi connectivity index (χ0v) is 14.3. The third kappa shape index (κ3) is 3.67. The largest absolute Gasteiger partial charge is 0.462 e. The second-order valence-electron chi connectivity index (χ2n) is 5.43. The second kappa shape index (κ2) is 7.74. The van der Waals surface area contributed by atoms with E-state index < -0.39 is 0 Å². The van der Waals surface area contributed by atoms with E-state index in [1.807, 2.05) is 13.8 Å². The van der Waals surface area contributed by atoms with Crippen LogP contribution in [0.25, 0.3) is 0 Å². The minimum Gasteiger partial charge on any atom is -0.462 e. The summed E-state index contributed by atoms with van der Waals surface area (Å²) in [5, 5.41) is 6.85. The van der Waals surface area contributed by atoms with Gasteiger partial charge in [0.25, 0.3) is 0 Å². The summed E-state index contributed by atoms with van der Waals surface area (Å²) < 4.78 is 5.16. The van der Waals surface area contributed by atoms with Gasteiger partial charge in [-0.25, -0.2) is 4.79 Å². The van der Waals surface area contributed by atoms with Crippen LogP contribution < -0.4 is 10.6 Å². The number of carbonyl (C=O) groups is 2. The molecule has 0 spiro atoms. The molecule has 0 saturated carbocycles. The Morgan fingerprint density at radius 2 is 2.00 bits per heavy atom. The summed E-state index contributed by atoms with van der Waals surface area (Å²) >= 11 is 1.46. The van der Waals surface area contributed by atoms with Crippen LogP contribution in [0.3, 0.4) is 0 Å². The molecule has 1 saturated heterocycles. The Kier molecular flexibility index (Phi) is 5.97. The van der Waals surface area contributed by atoms with Gasteiger partial charge in [-0.05, 0) is 51.8 Å². The number of rotatable bonds is 5. The number of anilines is 1. The molecule has 0 radical (unpaired) electrons. The predicted octanol–water partition coefficient (Wildman–Crippen LogP) is 2.73. The standard InChI is InChI=1S/C16H24N2O3S/c1-4-12-10(3)22-15(13(12)16(20)21-5-2)18-14(19)11-6-8-17-9-7-11/h11,17H,4-9H2,1-3H3,(H,18,19). The van der Waals surface area contributed by atoms with Gasteiger partial charge in [0, 0.05) is 10.8 Å². The van der Waals surface area contributed by atoms with E-state index in [0.717, 1.165) is 42.8 Å². The van der Waals surface area contributed by atoms with Crippen LogP contribution in [0.1, 0.15) is 47.5 Å². The summed E-state index contributed by atoms with van der Waals surface area (Å²) in [4.78, 5) is 25.7. The van der Waals surface area contributed by atoms with Crippen LogP contribution in [0, 0.1) is 12.8 Å². The van der Waals surface area contributed by atoms with Crippen LogP contribution in [0.2, 0.25) is 0 Å². The summed E-state index contributed by atoms with van der Waals surface area (Å²) in [6.07, 6.45) is 2.43. The van der Waals surface area contributed by atoms with Gasteiger partial charge in [-0.3, -0.25) is 4.79 Å². The number of thiophene rings is 1. The van der Waals surface area contributed by atoms with Crippen molar-refractivity contribution >= 4 is 28.2 Å². The highest BCUT2D eigenvalue weighted by atomic mass is 32.1. The molecule has 1 fully saturated rings. The van der Waals surface area contributed by atoms with E-state index in [2.05, 4.69) is 10.6 Å². The summed E-state index contributed by atoms with van der Waals surface area (Å²) in [6, 6.07) is 0. The monoisotopic (exact) mass is 324 g/mol. The van der Waals surface area contributed by atoms with Crippen molar-refractivity contribution < 1.29 is 14.3 Å². The minimum absolute atomic E-state index is 0.0101. The fourth-order valence-electron chi connectivity index (χ4n) is 2.81. The Hall–Kier alpha value is -1.40. The topological polar surface area (TPSA) is 67.4 Å². The van der Waals surface area contributed by atoms with Gasteiger partial charge in [-0.2, -0.15) is 0 Å². The minimum atomic E-state index is -0.343. The lowest BCUT2D eigenvalue weighted by Gasteiger charge is -2.21. The Morgan fingerprint density at radius 1 is 1.32 bits per heavy atom. The maximum Gasteiger partial charge on any atom is 0.341 e. The number of ether oxygens (including phenoxy) is 1. The van der Waals surface area contributed by atoms with Crippen molar-refractivity contribution in [2.24, 2.45) is 5.92 Å². The first kappa shape index (κ1) is 17.0. The fourth-order valence-corrected chi connectivity index (χ4v) is 3.95. The fraction of sp³-hybridized carbons (Fsp3) is 0.625. The van der Waals surface area contributed by atoms with Crippen LogP contribution in [0.15, 0.2) is 0 Å². The average molecular weight is 324 g/mol. The van der Waals surface area contributed by atoms with Gasteiger partial charge in [0.1, 0.15) is 5.00 Å². The van der Waals surface area contributed by atoms with Crippen LogP contribution in [0.4, 0.5) is 5.00 Å². The van der Waals surface area contributed by atoms with E-state index in [1.54, 1.807) is 6.92 Å². The van der Waals surface area contributed by atoms with Gasteiger partial charge in [0.15, 0.2) is 0 Å². The number of hydrogen-bond donors (Lipinski definition) is 2. The number of carbonyl (C=O) groups excluding carboxylic acids is 2. The molecule has 122 valence electrons. The molecule has 0 atom stereocenters. The average Bonchev–Trinajstić information content (AvgIpc) is 2.83. The summed E-state index contributed by atoms with van der Waals surface area (Å²) in [7, 11) is 0. The zero-order chi connectivity index (χ0) is 16.1. The Morgan fingerprint density at radius 3 is 2.59 bits per heavy atom. The lowest BCUT2D eigenvalue weighted by molar-refractivity contribution is -0.120. The molecule has 1 aliphatic heterocycles. The number of amides is 1. The summed E-state index contributed by atoms with van der Waals surface area (Å²) in [6.45, 7) is 7.84. The molecule has 6 heteroatoms. The molecule has 2 heterocycles. The van der Waals surface area contributed by atoms with Crippen molar-refractivity contribution in [2.75, 3.05) is 25.0 Å². The highest BCUT2D eigenvalue weighted by molar-refractivity contribution is 7.16. The molecular formula is C16H24N2O3S. The van der Waals surface area contributed by atoms with E-state index >= 15 is 0 Å². The molecule has 0 aliphatic carbocycles. The van der Waals surface area contributed by atoms with Crippen molar-refractivity contribution in [3.8, 4) is 0 Å². The molecule has 2 N–H and O–H groups in total. The summed E-state index contributed by atoms with van der Waals surface area (Å²) in [5.41, 5.74) is 1.51. The first-order valence-electron chi connectivity index (χ1n) is 7.89. The Balaban J connectivity index is 2.22. The van der Waals surface area contributed by atoms with Crippen LogP contribution >= 0.6 is 11.3 Å². The number of aryl methyl sites for hydroxylation is 1. The lowest BCUT2D eigenvalue weighted by atomic mass is 9.97. The molecule has 0 bridgehead atoms. The number of hydrogen-bond acceptors (Lipinski definition) is 5. The van der Waals surface area contributed by atoms with Gasteiger partial charge < -0.3 is 15.4 Å². The van der Waals surface area contributed by atoms with Gasteiger partial charge in [-0.1, -0.05) is 6.92 Å². The molecule has 1 aromatic heterocycles. The molecule has 0 unspecified atom stereocenters. The molecule has 1 amide bonds. The molecule has 0 aromatic carbocycles. The lowest BCUT2D eigenvalue weighted by Crippen LogP contribution is -2.34. The molecule has 2 rings (SSSR count). The van der Waals surface area contributed by atoms with E-state index in [4.69, 9.17) is 4.74 Å². The summed E-state index contributed by atoms with van der Waals surface area (Å²) in [5.74, 6) is -0.316. The van der Waals surface area contributed by atoms with Crippen LogP contribution in [-0.2, 0) is 16.0 Å². The first-order valence-corrected chi connectivity index (χ1v) is 8.71. The van der Waals surface area contributed by atoms with Crippen molar-refractivity contribution in [1.82, 2.24) is 5.32 Å². The Bertz CT molecular complexity index is 548. The first-order chi connectivity index (χ1) is 10.6. The van der Waals surface area contributed by atoms with Gasteiger partial charge in [0.05, 0.1) is 12.2 Å². The van der Waals surface area contributed by atoms with Crippen molar-refractivity contribution in [3.63, 3.8) is 0 Å². The maximum atomic E-state index is 12.4. The number of nitrogens with one attached hydrogen (secondary N) is 2. The van der Waals surface area contributed by atoms with Gasteiger partial charge in [0.2, 0.25) is 5.91 Å². The van der Waals surface area contributed by atoms with E-state index in [0.29, 0.717) is 17.2 Å². The molecule has 5 nitrogen and oxygen atoms in total. The maximum absolute atomic E-state index is 12.4. The van der Waals surface area contributed by atoms with Crippen molar-refractivity contribution in [1.29, 1.82) is 0 Å². The third-order valence-corrected chi connectivity index (χ3v) is 5.05. The predicted molar refractivity (Wildman–Crippen MR) is 88.6 cm³/mol. The van der Waals surface area contributed by atoms with E-state index in [-0.39, 0.29) is 17.8 Å². The Labute approximate surface area is 135 Å². The number of piperidine rings is 1. The smallest absolute Gasteiger partial charge is 0.341 e. The van der Waals surface area contributed by atoms with Gasteiger partial charge in [-0.15, -0.1) is 11.3 Å². The highest BCUT2D eigenvalue weighted by Gasteiger charge is 2.26. The highest BCUT2D eigenvalue weighted by Crippen LogP contribution is 2.34. The van der Waals surface area contributed by atoms with Crippen molar-refractivity contribution in [2.45, 2.75) is 40.0 Å². The van der Waals surface area contributed by atoms with E-state index in [9.17, 15) is 9.59 Å². The molecule has 1 aliphatic rings. The second-order valence-corrected chi connectivity index (χ2v) is 6.65. The zero-order valence-electron chi connectivity index (χ0n) is 13.5. The molecule has 22 heavy (non-hydrogen) atoms. The molecule has 1 aromatic rings. The quantitative estimate of drug-likeness (QED) is 0.817. The normalized spacial score (nSPS) is 15.6. The number of esters is 1. The third-order valence-electron chi connectivity index (χ3n) is 3.99. The van der Waals surface area contributed by atoms with Crippen LogP contribution in [-0.4, -0.2) is 31.6 Å². The van der Waals surface area contributed by atoms with Gasteiger partial charge >= 0.3 is 5.97 Å². The van der Waals surface area contributed by atoms with Crippen LogP contribution in [0.5, 0.6) is 0 Å². The molecular weight excluding hydrogens is 300 g/mol. The van der Waals surface area contributed by atoms with E-state index in [1.165, 1.54) is 11.3 Å².